The quantitative estimate of drug-likeness (QED) is 0.157. The molecule has 22 heavy (non-hydrogen) atoms. The highest BCUT2D eigenvalue weighted by Gasteiger charge is 2.33. The molecule has 0 aromatic carbocycles. The van der Waals surface area contributed by atoms with Crippen LogP contribution in [0.25, 0.3) is 0 Å². The third-order valence-corrected chi connectivity index (χ3v) is 2.64. The lowest BCUT2D eigenvalue weighted by Gasteiger charge is -2.13. The molecule has 0 aromatic rings. The van der Waals surface area contributed by atoms with Gasteiger partial charge < -0.3 is 40.5 Å². The second-order valence-electron chi connectivity index (χ2n) is 4.76. The van der Waals surface area contributed by atoms with Crippen molar-refractivity contribution in [3.63, 3.8) is 0 Å². The molecule has 0 bridgehead atoms. The van der Waals surface area contributed by atoms with Crippen molar-refractivity contribution in [3.8, 4) is 0 Å². The molecule has 0 rings (SSSR count). The Morgan fingerprint density at radius 3 is 1.18 bits per heavy atom. The molecule has 134 valence electrons. The highest BCUT2D eigenvalue weighted by Crippen LogP contribution is 2.17. The third-order valence-electron chi connectivity index (χ3n) is 2.64. The van der Waals surface area contributed by atoms with E-state index in [9.17, 15) is 0 Å². The number of unbranched alkanes of at least 4 members (excludes halogenated alkanes) is 2. The molecule has 0 atom stereocenters. The summed E-state index contributed by atoms with van der Waals surface area (Å²) in [6.07, 6.45) is 1.82. The summed E-state index contributed by atoms with van der Waals surface area (Å²) < 4.78 is 0. The number of hydrogen-bond acceptors (Lipinski definition) is 8. The Labute approximate surface area is 133 Å². The van der Waals surface area contributed by atoms with Gasteiger partial charge >= 0.3 is 14.2 Å². The first kappa shape index (κ1) is 26.7. The van der Waals surface area contributed by atoms with Crippen molar-refractivity contribution in [2.24, 2.45) is 0 Å². The average molecular weight is 326 g/mol. The lowest BCUT2D eigenvalue weighted by molar-refractivity contribution is -0.0420. The summed E-state index contributed by atoms with van der Waals surface area (Å²) in [7, 11) is -3.27. The lowest BCUT2D eigenvalue weighted by atomic mass is 9.51. The molecular weight excluding hydrogens is 294 g/mol. The van der Waals surface area contributed by atoms with Gasteiger partial charge in [0.15, 0.2) is 12.6 Å². The van der Waals surface area contributed by atoms with Gasteiger partial charge in [0.1, 0.15) is 0 Å². The number of rotatable bonds is 8. The highest BCUT2D eigenvalue weighted by molar-refractivity contribution is 6.64. The Kier molecular flexibility index (Phi) is 22.9. The fourth-order valence-corrected chi connectivity index (χ4v) is 1.08. The summed E-state index contributed by atoms with van der Waals surface area (Å²) in [6.45, 7) is 5.43. The molecule has 0 aliphatic heterocycles. The fraction of sp³-hybridized carbons (Fsp3) is 1.00. The zero-order valence-electron chi connectivity index (χ0n) is 13.7. The van der Waals surface area contributed by atoms with Gasteiger partial charge in [0.05, 0.1) is 0 Å². The van der Waals surface area contributed by atoms with Gasteiger partial charge in [0, 0.05) is 5.72 Å². The van der Waals surface area contributed by atoms with E-state index in [0.717, 1.165) is 19.3 Å². The van der Waals surface area contributed by atoms with Crippen molar-refractivity contribution >= 4 is 14.2 Å². The maximum atomic E-state index is 8.72. The van der Waals surface area contributed by atoms with Crippen LogP contribution in [0.4, 0.5) is 0 Å². The first-order valence-electron chi connectivity index (χ1n) is 7.58. The molecule has 0 aromatic heterocycles. The van der Waals surface area contributed by atoms with E-state index in [0.29, 0.717) is 19.3 Å². The van der Waals surface area contributed by atoms with E-state index in [1.54, 1.807) is 13.8 Å². The monoisotopic (exact) mass is 326 g/mol. The van der Waals surface area contributed by atoms with E-state index in [2.05, 4.69) is 0 Å². The van der Waals surface area contributed by atoms with Crippen LogP contribution in [0.2, 0.25) is 5.72 Å². The van der Waals surface area contributed by atoms with E-state index in [1.807, 2.05) is 6.92 Å². The second-order valence-corrected chi connectivity index (χ2v) is 4.76. The predicted octanol–water partition coefficient (Wildman–Crippen LogP) is -1.16. The van der Waals surface area contributed by atoms with Crippen LogP contribution in [0.15, 0.2) is 0 Å². The van der Waals surface area contributed by atoms with E-state index < -0.39 is 32.5 Å². The summed E-state index contributed by atoms with van der Waals surface area (Å²) in [6, 6.07) is 0. The van der Waals surface area contributed by atoms with Gasteiger partial charge in [-0.3, -0.25) is 0 Å². The lowest BCUT2D eigenvalue weighted by Crippen LogP contribution is -2.33. The summed E-state index contributed by atoms with van der Waals surface area (Å²) in [5.41, 5.74) is -0.837. The standard InChI is InChI=1S/C6H16B2O4.2C3H8O2/c1-2-3-4-5-6(7(9)10)8(11)12;2*1-2-3(4)5/h6,9-12H,2-5H2,1H3;2*3-5H,2H2,1H3. The van der Waals surface area contributed by atoms with Crippen molar-refractivity contribution in [1.29, 1.82) is 0 Å². The molecular formula is C12H32B2O8. The zero-order valence-corrected chi connectivity index (χ0v) is 13.7. The molecule has 0 unspecified atom stereocenters. The van der Waals surface area contributed by atoms with Crippen molar-refractivity contribution < 1.29 is 40.5 Å². The molecule has 0 fully saturated rings. The summed E-state index contributed by atoms with van der Waals surface area (Å²) in [4.78, 5) is 0. The first-order valence-corrected chi connectivity index (χ1v) is 7.58. The molecule has 0 spiro atoms. The Morgan fingerprint density at radius 2 is 1.00 bits per heavy atom. The second kappa shape index (κ2) is 18.9. The Hall–Kier alpha value is -0.190. The number of aliphatic hydroxyl groups is 4. The Morgan fingerprint density at radius 1 is 0.682 bits per heavy atom. The fourth-order valence-electron chi connectivity index (χ4n) is 1.08. The molecule has 0 aliphatic carbocycles. The van der Waals surface area contributed by atoms with E-state index in [1.165, 1.54) is 0 Å². The van der Waals surface area contributed by atoms with E-state index >= 15 is 0 Å². The van der Waals surface area contributed by atoms with Crippen LogP contribution in [0.5, 0.6) is 0 Å². The van der Waals surface area contributed by atoms with Crippen molar-refractivity contribution in [2.45, 2.75) is 77.6 Å². The first-order chi connectivity index (χ1) is 10.1. The SMILES string of the molecule is CCC(O)O.CCC(O)O.CCCCCC(B(O)O)B(O)O. The summed E-state index contributed by atoms with van der Waals surface area (Å²) in [5.74, 6) is 0. The normalized spacial score (nSPS) is 10.1. The molecule has 8 nitrogen and oxygen atoms in total. The largest absolute Gasteiger partial charge is 0.452 e. The van der Waals surface area contributed by atoms with E-state index in [-0.39, 0.29) is 0 Å². The van der Waals surface area contributed by atoms with Crippen LogP contribution >= 0.6 is 0 Å². The van der Waals surface area contributed by atoms with Gasteiger partial charge in [0.2, 0.25) is 0 Å². The van der Waals surface area contributed by atoms with Crippen LogP contribution in [0.1, 0.15) is 59.3 Å². The average Bonchev–Trinajstić information content (AvgIpc) is 2.43. The van der Waals surface area contributed by atoms with Crippen LogP contribution < -0.4 is 0 Å². The minimum Gasteiger partial charge on any atom is -0.427 e. The van der Waals surface area contributed by atoms with Crippen molar-refractivity contribution in [2.75, 3.05) is 0 Å². The summed E-state index contributed by atoms with van der Waals surface area (Å²) in [5, 5.41) is 66.5. The number of aliphatic hydroxyl groups excluding tert-OH is 2. The Bertz CT molecular complexity index is 190. The number of hydrogen-bond donors (Lipinski definition) is 8. The topological polar surface area (TPSA) is 162 Å². The van der Waals surface area contributed by atoms with Gasteiger partial charge in [0.25, 0.3) is 0 Å². The molecule has 0 aliphatic rings. The highest BCUT2D eigenvalue weighted by atomic mass is 16.5. The third kappa shape index (κ3) is 24.8. The van der Waals surface area contributed by atoms with Crippen LogP contribution in [-0.2, 0) is 0 Å². The van der Waals surface area contributed by atoms with Crippen LogP contribution in [0, 0.1) is 0 Å². The van der Waals surface area contributed by atoms with Gasteiger partial charge in [-0.25, -0.2) is 0 Å². The van der Waals surface area contributed by atoms with E-state index in [4.69, 9.17) is 40.5 Å². The molecule has 0 saturated heterocycles. The molecule has 0 heterocycles. The predicted molar refractivity (Wildman–Crippen MR) is 85.3 cm³/mol. The molecule has 10 heteroatoms. The minimum absolute atomic E-state index is 0.417. The Balaban J connectivity index is -0.000000298. The maximum absolute atomic E-state index is 8.72. The van der Waals surface area contributed by atoms with Crippen LogP contribution in [-0.4, -0.2) is 67.3 Å². The van der Waals surface area contributed by atoms with Gasteiger partial charge in [-0.05, 0) is 12.8 Å². The zero-order chi connectivity index (χ0) is 18.1. The molecule has 8 N–H and O–H groups in total. The molecule has 0 radical (unpaired) electrons. The van der Waals surface area contributed by atoms with Gasteiger partial charge in [-0.15, -0.1) is 0 Å². The van der Waals surface area contributed by atoms with Gasteiger partial charge in [-0.1, -0.05) is 46.5 Å². The smallest absolute Gasteiger partial charge is 0.427 e. The minimum atomic E-state index is -1.64. The molecule has 0 amide bonds. The van der Waals surface area contributed by atoms with Crippen LogP contribution in [0.3, 0.4) is 0 Å². The van der Waals surface area contributed by atoms with Gasteiger partial charge in [-0.2, -0.15) is 0 Å². The summed E-state index contributed by atoms with van der Waals surface area (Å²) >= 11 is 0. The maximum Gasteiger partial charge on any atom is 0.452 e. The van der Waals surface area contributed by atoms with Crippen molar-refractivity contribution in [1.82, 2.24) is 0 Å². The molecule has 0 saturated carbocycles. The van der Waals surface area contributed by atoms with Crippen molar-refractivity contribution in [3.05, 3.63) is 0 Å².